The minimum Gasteiger partial charge on any atom is -0.354 e. The zero-order valence-electron chi connectivity index (χ0n) is 18.0. The van der Waals surface area contributed by atoms with Crippen LogP contribution in [0.2, 0.25) is 5.02 Å². The molecule has 2 aromatic heterocycles. The van der Waals surface area contributed by atoms with Gasteiger partial charge in [0.1, 0.15) is 12.4 Å². The molecule has 1 aromatic carbocycles. The minimum atomic E-state index is 0.0138. The van der Waals surface area contributed by atoms with E-state index in [1.165, 1.54) is 25.7 Å². The molecule has 4 rings (SSSR count). The highest BCUT2D eigenvalue weighted by molar-refractivity contribution is 6.30. The van der Waals surface area contributed by atoms with Gasteiger partial charge in [0, 0.05) is 37.1 Å². The Hall–Kier alpha value is -2.87. The number of nitrogens with zero attached hydrogens (tertiary/aromatic N) is 6. The lowest BCUT2D eigenvalue weighted by Crippen LogP contribution is -2.44. The van der Waals surface area contributed by atoms with Gasteiger partial charge in [-0.3, -0.25) is 4.68 Å². The van der Waals surface area contributed by atoms with Gasteiger partial charge in [-0.15, -0.1) is 10.2 Å². The fraction of sp³-hybridized carbons (Fsp3) is 0.455. The molecule has 1 atom stereocenters. The third kappa shape index (κ3) is 5.44. The van der Waals surface area contributed by atoms with Crippen molar-refractivity contribution in [1.29, 1.82) is 0 Å². The van der Waals surface area contributed by atoms with Crippen LogP contribution in [0, 0.1) is 6.92 Å². The minimum absolute atomic E-state index is 0.0138. The van der Waals surface area contributed by atoms with E-state index in [1.54, 1.807) is 6.20 Å². The Balaban J connectivity index is 1.51. The summed E-state index contributed by atoms with van der Waals surface area (Å²) in [5.74, 6) is 2.51. The van der Waals surface area contributed by atoms with Gasteiger partial charge < -0.3 is 15.2 Å². The number of benzene rings is 1. The number of aromatic nitrogens is 5. The lowest BCUT2D eigenvalue weighted by atomic mass is 10.1. The molecule has 2 heterocycles. The van der Waals surface area contributed by atoms with E-state index in [2.05, 4.69) is 25.9 Å². The van der Waals surface area contributed by atoms with E-state index >= 15 is 0 Å². The Morgan fingerprint density at radius 3 is 2.65 bits per heavy atom. The zero-order chi connectivity index (χ0) is 21.6. The van der Waals surface area contributed by atoms with Crippen molar-refractivity contribution in [3.63, 3.8) is 0 Å². The quantitative estimate of drug-likeness (QED) is 0.435. The molecule has 31 heavy (non-hydrogen) atoms. The van der Waals surface area contributed by atoms with Crippen LogP contribution in [0.5, 0.6) is 0 Å². The first-order valence-electron chi connectivity index (χ1n) is 10.7. The lowest BCUT2D eigenvalue weighted by molar-refractivity contribution is 0.506. The van der Waals surface area contributed by atoms with Crippen LogP contribution < -0.4 is 10.6 Å². The molecule has 2 N–H and O–H groups in total. The van der Waals surface area contributed by atoms with E-state index in [1.807, 2.05) is 59.7 Å². The molecule has 1 unspecified atom stereocenters. The largest absolute Gasteiger partial charge is 0.354 e. The fourth-order valence-corrected chi connectivity index (χ4v) is 3.99. The Bertz CT molecular complexity index is 987. The van der Waals surface area contributed by atoms with Crippen LogP contribution in [0.4, 0.5) is 0 Å². The van der Waals surface area contributed by atoms with Gasteiger partial charge in [-0.05, 0) is 43.5 Å². The molecule has 0 radical (unpaired) electrons. The van der Waals surface area contributed by atoms with Crippen molar-refractivity contribution < 1.29 is 0 Å². The van der Waals surface area contributed by atoms with Crippen molar-refractivity contribution in [2.75, 3.05) is 6.54 Å². The van der Waals surface area contributed by atoms with Crippen LogP contribution in [-0.4, -0.2) is 43.1 Å². The van der Waals surface area contributed by atoms with Crippen LogP contribution in [0.15, 0.2) is 47.7 Å². The van der Waals surface area contributed by atoms with E-state index in [0.717, 1.165) is 28.2 Å². The van der Waals surface area contributed by atoms with E-state index in [4.69, 9.17) is 16.6 Å². The van der Waals surface area contributed by atoms with Crippen molar-refractivity contribution in [2.24, 2.45) is 12.0 Å². The van der Waals surface area contributed by atoms with Crippen molar-refractivity contribution in [3.8, 4) is 0 Å². The smallest absolute Gasteiger partial charge is 0.192 e. The maximum absolute atomic E-state index is 6.10. The maximum atomic E-state index is 6.10. The summed E-state index contributed by atoms with van der Waals surface area (Å²) in [7, 11) is 1.96. The third-order valence-electron chi connectivity index (χ3n) is 5.82. The van der Waals surface area contributed by atoms with Crippen molar-refractivity contribution >= 4 is 17.6 Å². The van der Waals surface area contributed by atoms with Crippen LogP contribution in [0.1, 0.15) is 48.9 Å². The highest BCUT2D eigenvalue weighted by Gasteiger charge is 2.19. The zero-order valence-corrected chi connectivity index (χ0v) is 18.8. The van der Waals surface area contributed by atoms with Crippen LogP contribution >= 0.6 is 11.6 Å². The molecule has 1 aliphatic carbocycles. The van der Waals surface area contributed by atoms with Gasteiger partial charge in [0.05, 0.1) is 6.04 Å². The molecular formula is C22H29ClN8. The average molecular weight is 441 g/mol. The summed E-state index contributed by atoms with van der Waals surface area (Å²) in [6, 6.07) is 10.3. The van der Waals surface area contributed by atoms with Crippen molar-refractivity contribution in [1.82, 2.24) is 35.2 Å². The Kier molecular flexibility index (Phi) is 6.86. The molecule has 1 saturated carbocycles. The molecule has 9 heteroatoms. The molecule has 8 nitrogen and oxygen atoms in total. The molecule has 3 aromatic rings. The van der Waals surface area contributed by atoms with Gasteiger partial charge in [0.25, 0.3) is 0 Å². The number of aryl methyl sites for hydroxylation is 1. The topological polar surface area (TPSA) is 85.0 Å². The SMILES string of the molecule is Cc1nnc(CN=C(NCC(c2ccc(Cl)cc2)n2cccn2)NC2CCCC2)n1C. The number of hydrogen-bond donors (Lipinski definition) is 2. The molecule has 1 fully saturated rings. The summed E-state index contributed by atoms with van der Waals surface area (Å²) in [4.78, 5) is 4.81. The predicted molar refractivity (Wildman–Crippen MR) is 122 cm³/mol. The molecule has 164 valence electrons. The summed E-state index contributed by atoms with van der Waals surface area (Å²) in [6.07, 6.45) is 8.63. The van der Waals surface area contributed by atoms with Gasteiger partial charge >= 0.3 is 0 Å². The molecule has 0 saturated heterocycles. The first-order valence-corrected chi connectivity index (χ1v) is 11.1. The normalized spacial score (nSPS) is 15.9. The number of nitrogens with one attached hydrogen (secondary N) is 2. The first kappa shape index (κ1) is 21.4. The molecule has 0 aliphatic heterocycles. The molecule has 1 aliphatic rings. The summed E-state index contributed by atoms with van der Waals surface area (Å²) < 4.78 is 3.92. The number of rotatable bonds is 7. The number of halogens is 1. The second-order valence-electron chi connectivity index (χ2n) is 7.95. The van der Waals surface area contributed by atoms with E-state index in [9.17, 15) is 0 Å². The van der Waals surface area contributed by atoms with Crippen molar-refractivity contribution in [2.45, 2.75) is 51.2 Å². The summed E-state index contributed by atoms with van der Waals surface area (Å²) in [6.45, 7) is 3.05. The van der Waals surface area contributed by atoms with Crippen LogP contribution in [0.25, 0.3) is 0 Å². The van der Waals surface area contributed by atoms with E-state index in [0.29, 0.717) is 19.1 Å². The molecule has 0 amide bonds. The average Bonchev–Trinajstić information content (AvgIpc) is 3.53. The predicted octanol–water partition coefficient (Wildman–Crippen LogP) is 3.24. The van der Waals surface area contributed by atoms with Gasteiger partial charge in [0.2, 0.25) is 0 Å². The monoisotopic (exact) mass is 440 g/mol. The first-order chi connectivity index (χ1) is 15.1. The van der Waals surface area contributed by atoms with E-state index in [-0.39, 0.29) is 6.04 Å². The van der Waals surface area contributed by atoms with Gasteiger partial charge in [-0.1, -0.05) is 36.6 Å². The number of hydrogen-bond acceptors (Lipinski definition) is 4. The Morgan fingerprint density at radius 2 is 2.00 bits per heavy atom. The van der Waals surface area contributed by atoms with Crippen LogP contribution in [-0.2, 0) is 13.6 Å². The standard InChI is InChI=1S/C22H29ClN8/c1-16-28-29-21(30(16)2)15-25-22(27-19-6-3-4-7-19)24-14-20(31-13-5-12-26-31)17-8-10-18(23)11-9-17/h5,8-13,19-20H,3-4,6-7,14-15H2,1-2H3,(H2,24,25,27). The highest BCUT2D eigenvalue weighted by Crippen LogP contribution is 2.20. The third-order valence-corrected chi connectivity index (χ3v) is 6.07. The van der Waals surface area contributed by atoms with Crippen LogP contribution in [0.3, 0.4) is 0 Å². The number of aliphatic imine (C=N–C) groups is 1. The molecular weight excluding hydrogens is 412 g/mol. The fourth-order valence-electron chi connectivity index (χ4n) is 3.86. The second-order valence-corrected chi connectivity index (χ2v) is 8.38. The second kappa shape index (κ2) is 9.96. The van der Waals surface area contributed by atoms with Gasteiger partial charge in [-0.2, -0.15) is 5.10 Å². The summed E-state index contributed by atoms with van der Waals surface area (Å²) >= 11 is 6.10. The Labute approximate surface area is 187 Å². The Morgan fingerprint density at radius 1 is 1.23 bits per heavy atom. The molecule has 0 spiro atoms. The molecule has 0 bridgehead atoms. The lowest BCUT2D eigenvalue weighted by Gasteiger charge is -2.22. The maximum Gasteiger partial charge on any atom is 0.192 e. The number of guanidine groups is 1. The summed E-state index contributed by atoms with van der Waals surface area (Å²) in [5, 5.41) is 20.7. The van der Waals surface area contributed by atoms with Crippen molar-refractivity contribution in [3.05, 3.63) is 65.0 Å². The summed E-state index contributed by atoms with van der Waals surface area (Å²) in [5.41, 5.74) is 1.13. The van der Waals surface area contributed by atoms with E-state index < -0.39 is 0 Å². The highest BCUT2D eigenvalue weighted by atomic mass is 35.5. The van der Waals surface area contributed by atoms with Gasteiger partial charge in [-0.25, -0.2) is 4.99 Å². The van der Waals surface area contributed by atoms with Gasteiger partial charge in [0.15, 0.2) is 11.8 Å².